The standard InChI is InChI=1S/C16H31NO3.Na/c1-3-4-5-6-7-8-9-10-11-12-15(18)13-20-16(19)14(2)17;/h14H,3-13,17H2,1-2H3;. The molecule has 0 saturated carbocycles. The Kier molecular flexibility index (Phi) is 18.3. The number of rotatable bonds is 13. The molecule has 0 bridgehead atoms. The molecule has 0 aliphatic carbocycles. The predicted octanol–water partition coefficient (Wildman–Crippen LogP) is 2.99. The zero-order valence-corrected chi connectivity index (χ0v) is 16.2. The zero-order chi connectivity index (χ0) is 15.2. The van der Waals surface area contributed by atoms with E-state index in [9.17, 15) is 9.59 Å². The molecular weight excluding hydrogens is 277 g/mol. The first-order chi connectivity index (χ1) is 9.57. The van der Waals surface area contributed by atoms with Crippen LogP contribution in [-0.4, -0.2) is 54.0 Å². The second-order valence-electron chi connectivity index (χ2n) is 5.51. The number of unbranched alkanes of at least 4 members (excludes halogenated alkanes) is 8. The van der Waals surface area contributed by atoms with Gasteiger partial charge < -0.3 is 10.5 Å². The van der Waals surface area contributed by atoms with Gasteiger partial charge in [0.2, 0.25) is 0 Å². The van der Waals surface area contributed by atoms with E-state index < -0.39 is 12.0 Å². The number of Topliss-reactive ketones (excluding diaryl/α,β-unsaturated/α-hetero) is 1. The van der Waals surface area contributed by atoms with E-state index in [1.807, 2.05) is 0 Å². The van der Waals surface area contributed by atoms with Gasteiger partial charge in [0.1, 0.15) is 12.6 Å². The van der Waals surface area contributed by atoms with Crippen molar-refractivity contribution in [3.8, 4) is 0 Å². The van der Waals surface area contributed by atoms with E-state index in [1.54, 1.807) is 6.92 Å². The molecule has 0 rings (SSSR count). The summed E-state index contributed by atoms with van der Waals surface area (Å²) in [5.74, 6) is -0.521. The molecule has 1 unspecified atom stereocenters. The monoisotopic (exact) mass is 308 g/mol. The Morgan fingerprint density at radius 3 is 1.90 bits per heavy atom. The van der Waals surface area contributed by atoms with Crippen molar-refractivity contribution in [3.63, 3.8) is 0 Å². The van der Waals surface area contributed by atoms with Gasteiger partial charge in [-0.05, 0) is 13.3 Å². The van der Waals surface area contributed by atoms with Gasteiger partial charge in [0.05, 0.1) is 0 Å². The van der Waals surface area contributed by atoms with Crippen molar-refractivity contribution >= 4 is 41.3 Å². The van der Waals surface area contributed by atoms with Crippen molar-refractivity contribution in [2.45, 2.75) is 84.1 Å². The third kappa shape index (κ3) is 16.3. The smallest absolute Gasteiger partial charge is 0.323 e. The number of hydrogen-bond acceptors (Lipinski definition) is 4. The predicted molar refractivity (Wildman–Crippen MR) is 87.2 cm³/mol. The van der Waals surface area contributed by atoms with Gasteiger partial charge in [-0.1, -0.05) is 58.3 Å². The molecule has 0 saturated heterocycles. The molecule has 119 valence electrons. The van der Waals surface area contributed by atoms with Gasteiger partial charge in [0, 0.05) is 36.0 Å². The molecule has 0 aromatic heterocycles. The van der Waals surface area contributed by atoms with Crippen molar-refractivity contribution in [1.82, 2.24) is 0 Å². The molecule has 5 heteroatoms. The third-order valence-electron chi connectivity index (χ3n) is 3.31. The summed E-state index contributed by atoms with van der Waals surface area (Å²) in [7, 11) is 0. The Morgan fingerprint density at radius 2 is 1.43 bits per heavy atom. The first kappa shape index (κ1) is 23.4. The van der Waals surface area contributed by atoms with Crippen LogP contribution in [0.3, 0.4) is 0 Å². The molecule has 0 fully saturated rings. The van der Waals surface area contributed by atoms with Gasteiger partial charge in [-0.3, -0.25) is 9.59 Å². The minimum Gasteiger partial charge on any atom is -0.457 e. The Balaban J connectivity index is 0. The molecule has 0 amide bonds. The second-order valence-corrected chi connectivity index (χ2v) is 5.51. The van der Waals surface area contributed by atoms with Crippen LogP contribution in [0.15, 0.2) is 0 Å². The molecule has 2 N–H and O–H groups in total. The van der Waals surface area contributed by atoms with Crippen LogP contribution in [0, 0.1) is 0 Å². The van der Waals surface area contributed by atoms with Crippen LogP contribution in [0.5, 0.6) is 0 Å². The van der Waals surface area contributed by atoms with E-state index in [0.717, 1.165) is 12.8 Å². The third-order valence-corrected chi connectivity index (χ3v) is 3.31. The van der Waals surface area contributed by atoms with Crippen molar-refractivity contribution < 1.29 is 14.3 Å². The van der Waals surface area contributed by atoms with E-state index in [-0.39, 0.29) is 41.9 Å². The molecule has 0 aromatic rings. The average Bonchev–Trinajstić information content (AvgIpc) is 2.42. The van der Waals surface area contributed by atoms with Crippen molar-refractivity contribution in [3.05, 3.63) is 0 Å². The Bertz CT molecular complexity index is 270. The minimum atomic E-state index is -0.657. The second kappa shape index (κ2) is 16.5. The van der Waals surface area contributed by atoms with Crippen LogP contribution in [0.25, 0.3) is 0 Å². The van der Waals surface area contributed by atoms with Gasteiger partial charge in [-0.2, -0.15) is 0 Å². The maximum atomic E-state index is 11.5. The van der Waals surface area contributed by atoms with E-state index in [4.69, 9.17) is 10.5 Å². The summed E-state index contributed by atoms with van der Waals surface area (Å²) in [6, 6.07) is -0.657. The van der Waals surface area contributed by atoms with E-state index in [2.05, 4.69) is 6.92 Å². The number of ether oxygens (including phenoxy) is 1. The maximum Gasteiger partial charge on any atom is 0.323 e. The van der Waals surface area contributed by atoms with Crippen LogP contribution >= 0.6 is 0 Å². The van der Waals surface area contributed by atoms with Crippen LogP contribution in [0.4, 0.5) is 0 Å². The van der Waals surface area contributed by atoms with E-state index in [0.29, 0.717) is 6.42 Å². The van der Waals surface area contributed by atoms with Crippen LogP contribution in [0.1, 0.15) is 78.1 Å². The molecule has 1 atom stereocenters. The molecule has 0 heterocycles. The number of carbonyl (C=O) groups excluding carboxylic acids is 2. The molecular formula is C16H31NNaO3. The number of nitrogens with two attached hydrogens (primary N) is 1. The van der Waals surface area contributed by atoms with Crippen molar-refractivity contribution in [1.29, 1.82) is 0 Å². The number of hydrogen-bond donors (Lipinski definition) is 1. The van der Waals surface area contributed by atoms with Crippen LogP contribution in [0.2, 0.25) is 0 Å². The number of ketones is 1. The Labute approximate surface area is 151 Å². The molecule has 21 heavy (non-hydrogen) atoms. The fourth-order valence-electron chi connectivity index (χ4n) is 1.99. The molecule has 0 aromatic carbocycles. The van der Waals surface area contributed by atoms with Gasteiger partial charge in [0.15, 0.2) is 5.78 Å². The Hall–Kier alpha value is 0.1000. The van der Waals surface area contributed by atoms with Gasteiger partial charge >= 0.3 is 5.97 Å². The average molecular weight is 308 g/mol. The van der Waals surface area contributed by atoms with Gasteiger partial charge in [-0.25, -0.2) is 0 Å². The number of esters is 1. The topological polar surface area (TPSA) is 69.4 Å². The normalized spacial score (nSPS) is 11.6. The number of carbonyl (C=O) groups is 2. The van der Waals surface area contributed by atoms with Crippen molar-refractivity contribution in [2.75, 3.05) is 6.61 Å². The first-order valence-corrected chi connectivity index (χ1v) is 8.01. The molecule has 4 nitrogen and oxygen atoms in total. The van der Waals surface area contributed by atoms with E-state index >= 15 is 0 Å². The summed E-state index contributed by atoms with van der Waals surface area (Å²) in [5, 5.41) is 0. The van der Waals surface area contributed by atoms with Crippen molar-refractivity contribution in [2.24, 2.45) is 5.73 Å². The zero-order valence-electron chi connectivity index (χ0n) is 14.2. The summed E-state index contributed by atoms with van der Waals surface area (Å²) >= 11 is 0. The summed E-state index contributed by atoms with van der Waals surface area (Å²) in [6.45, 7) is 3.65. The summed E-state index contributed by atoms with van der Waals surface area (Å²) in [4.78, 5) is 22.5. The molecule has 1 radical (unpaired) electrons. The maximum absolute atomic E-state index is 11.5. The molecule has 0 aliphatic heterocycles. The van der Waals surface area contributed by atoms with Crippen LogP contribution < -0.4 is 5.73 Å². The quantitative estimate of drug-likeness (QED) is 0.322. The summed E-state index contributed by atoms with van der Waals surface area (Å²) in [5.41, 5.74) is 5.33. The summed E-state index contributed by atoms with van der Waals surface area (Å²) < 4.78 is 4.78. The van der Waals surface area contributed by atoms with Gasteiger partial charge in [0.25, 0.3) is 0 Å². The fourth-order valence-corrected chi connectivity index (χ4v) is 1.99. The van der Waals surface area contributed by atoms with Gasteiger partial charge in [-0.15, -0.1) is 0 Å². The summed E-state index contributed by atoms with van der Waals surface area (Å²) in [6.07, 6.45) is 11.5. The fraction of sp³-hybridized carbons (Fsp3) is 0.875. The molecule has 0 aliphatic rings. The van der Waals surface area contributed by atoms with Crippen LogP contribution in [-0.2, 0) is 14.3 Å². The van der Waals surface area contributed by atoms with E-state index in [1.165, 1.54) is 44.9 Å². The largest absolute Gasteiger partial charge is 0.457 e. The minimum absolute atomic E-state index is 0. The Morgan fingerprint density at radius 1 is 0.952 bits per heavy atom. The molecule has 0 spiro atoms. The first-order valence-electron chi connectivity index (χ1n) is 8.01. The SMILES string of the molecule is CCCCCCCCCCCC(=O)COC(=O)C(C)N.[Na].